The predicted octanol–water partition coefficient (Wildman–Crippen LogP) is 5.02. The third kappa shape index (κ3) is 3.54. The van der Waals surface area contributed by atoms with Gasteiger partial charge < -0.3 is 10.3 Å². The Morgan fingerprint density at radius 2 is 1.65 bits per heavy atom. The molecule has 23 heavy (non-hydrogen) atoms. The fraction of sp³-hybridized carbons (Fsp3) is 0.118. The van der Waals surface area contributed by atoms with Crippen molar-refractivity contribution in [2.45, 2.75) is 13.1 Å². The highest BCUT2D eigenvalue weighted by Gasteiger charge is 2.14. The van der Waals surface area contributed by atoms with Gasteiger partial charge in [-0.25, -0.2) is 4.98 Å². The minimum Gasteiger partial charge on any atom is -0.328 e. The molecule has 0 unspecified atom stereocenters. The van der Waals surface area contributed by atoms with Crippen LogP contribution in [-0.4, -0.2) is 9.55 Å². The lowest BCUT2D eigenvalue weighted by atomic mass is 10.1. The van der Waals surface area contributed by atoms with Gasteiger partial charge in [-0.3, -0.25) is 0 Å². The van der Waals surface area contributed by atoms with Crippen LogP contribution in [0.3, 0.4) is 0 Å². The summed E-state index contributed by atoms with van der Waals surface area (Å²) in [5.41, 5.74) is 9.59. The van der Waals surface area contributed by atoms with Gasteiger partial charge in [0.05, 0.1) is 22.7 Å². The summed E-state index contributed by atoms with van der Waals surface area (Å²) in [6.45, 7) is 1.03. The SMILES string of the molecule is NCc1c(-c2ccc(Cl)cc2Cl)ncn1Cc1ccc(Cl)cc1. The van der Waals surface area contributed by atoms with Crippen molar-refractivity contribution in [1.29, 1.82) is 0 Å². The summed E-state index contributed by atoms with van der Waals surface area (Å²) in [6, 6.07) is 13.1. The Kier molecular flexibility index (Phi) is 4.93. The number of aromatic nitrogens is 2. The molecule has 3 rings (SSSR count). The van der Waals surface area contributed by atoms with E-state index < -0.39 is 0 Å². The molecule has 0 aliphatic rings. The Labute approximate surface area is 149 Å². The minimum absolute atomic E-state index is 0.363. The summed E-state index contributed by atoms with van der Waals surface area (Å²) in [4.78, 5) is 4.49. The minimum atomic E-state index is 0.363. The Morgan fingerprint density at radius 3 is 2.30 bits per heavy atom. The number of hydrogen-bond acceptors (Lipinski definition) is 2. The van der Waals surface area contributed by atoms with E-state index in [4.69, 9.17) is 40.5 Å². The molecule has 0 fully saturated rings. The van der Waals surface area contributed by atoms with Gasteiger partial charge in [0, 0.05) is 28.7 Å². The number of nitrogens with two attached hydrogens (primary N) is 1. The third-order valence-electron chi connectivity index (χ3n) is 3.59. The van der Waals surface area contributed by atoms with Crippen molar-refractivity contribution in [3.8, 4) is 11.3 Å². The Hall–Kier alpha value is -1.52. The maximum Gasteiger partial charge on any atom is 0.0959 e. The first-order chi connectivity index (χ1) is 11.1. The fourth-order valence-corrected chi connectivity index (χ4v) is 3.07. The number of benzene rings is 2. The van der Waals surface area contributed by atoms with E-state index in [1.54, 1.807) is 18.5 Å². The predicted molar refractivity (Wildman–Crippen MR) is 96.1 cm³/mol. The van der Waals surface area contributed by atoms with Gasteiger partial charge in [0.25, 0.3) is 0 Å². The number of rotatable bonds is 4. The largest absolute Gasteiger partial charge is 0.328 e. The molecule has 0 saturated carbocycles. The van der Waals surface area contributed by atoms with Crippen LogP contribution < -0.4 is 5.73 Å². The quantitative estimate of drug-likeness (QED) is 0.704. The zero-order valence-corrected chi connectivity index (χ0v) is 14.4. The second-order valence-corrected chi connectivity index (χ2v) is 6.40. The first kappa shape index (κ1) is 16.3. The third-order valence-corrected chi connectivity index (χ3v) is 4.39. The van der Waals surface area contributed by atoms with Crippen LogP contribution in [0.2, 0.25) is 15.1 Å². The first-order valence-corrected chi connectivity index (χ1v) is 8.16. The smallest absolute Gasteiger partial charge is 0.0959 e. The van der Waals surface area contributed by atoms with Crippen LogP contribution in [0, 0.1) is 0 Å². The number of imidazole rings is 1. The highest BCUT2D eigenvalue weighted by atomic mass is 35.5. The van der Waals surface area contributed by atoms with E-state index in [0.29, 0.717) is 28.2 Å². The summed E-state index contributed by atoms with van der Waals surface area (Å²) in [5.74, 6) is 0. The number of nitrogens with zero attached hydrogens (tertiary/aromatic N) is 2. The van der Waals surface area contributed by atoms with Crippen LogP contribution in [0.5, 0.6) is 0 Å². The molecular formula is C17H14Cl3N3. The van der Waals surface area contributed by atoms with Crippen molar-refractivity contribution >= 4 is 34.8 Å². The number of hydrogen-bond donors (Lipinski definition) is 1. The van der Waals surface area contributed by atoms with Gasteiger partial charge in [-0.2, -0.15) is 0 Å². The zero-order valence-electron chi connectivity index (χ0n) is 12.1. The molecule has 0 saturated heterocycles. The van der Waals surface area contributed by atoms with Gasteiger partial charge in [0.15, 0.2) is 0 Å². The van der Waals surface area contributed by atoms with Gasteiger partial charge in [-0.1, -0.05) is 46.9 Å². The maximum atomic E-state index is 6.29. The first-order valence-electron chi connectivity index (χ1n) is 7.02. The fourth-order valence-electron chi connectivity index (χ4n) is 2.45. The molecule has 3 nitrogen and oxygen atoms in total. The van der Waals surface area contributed by atoms with Gasteiger partial charge in [-0.05, 0) is 35.9 Å². The summed E-state index contributed by atoms with van der Waals surface area (Å²) in [5, 5.41) is 1.87. The Bertz CT molecular complexity index is 826. The molecule has 2 aromatic carbocycles. The molecule has 0 aliphatic heterocycles. The second kappa shape index (κ2) is 6.93. The highest BCUT2D eigenvalue weighted by molar-refractivity contribution is 6.36. The molecule has 0 spiro atoms. The van der Waals surface area contributed by atoms with E-state index >= 15 is 0 Å². The van der Waals surface area contributed by atoms with Crippen molar-refractivity contribution in [2.75, 3.05) is 0 Å². The highest BCUT2D eigenvalue weighted by Crippen LogP contribution is 2.31. The molecule has 0 aliphatic carbocycles. The molecule has 1 aromatic heterocycles. The van der Waals surface area contributed by atoms with E-state index in [9.17, 15) is 0 Å². The average molecular weight is 367 g/mol. The molecule has 1 heterocycles. The number of halogens is 3. The normalized spacial score (nSPS) is 11.0. The van der Waals surface area contributed by atoms with Crippen molar-refractivity contribution in [1.82, 2.24) is 9.55 Å². The molecule has 6 heteroatoms. The van der Waals surface area contributed by atoms with Crippen molar-refractivity contribution in [2.24, 2.45) is 5.73 Å². The van der Waals surface area contributed by atoms with E-state index in [1.807, 2.05) is 34.9 Å². The van der Waals surface area contributed by atoms with E-state index in [0.717, 1.165) is 22.5 Å². The zero-order chi connectivity index (χ0) is 16.4. The van der Waals surface area contributed by atoms with Crippen LogP contribution in [-0.2, 0) is 13.1 Å². The van der Waals surface area contributed by atoms with Crippen LogP contribution in [0.25, 0.3) is 11.3 Å². The Morgan fingerprint density at radius 1 is 0.957 bits per heavy atom. The topological polar surface area (TPSA) is 43.8 Å². The standard InChI is InChI=1S/C17H14Cl3N3/c18-12-3-1-11(2-4-12)9-23-10-22-17(16(23)8-21)14-6-5-13(19)7-15(14)20/h1-7,10H,8-9,21H2. The molecule has 0 bridgehead atoms. The molecule has 0 atom stereocenters. The second-order valence-electron chi connectivity index (χ2n) is 5.12. The summed E-state index contributed by atoms with van der Waals surface area (Å²) in [7, 11) is 0. The average Bonchev–Trinajstić information content (AvgIpc) is 2.92. The maximum absolute atomic E-state index is 6.29. The molecule has 0 amide bonds. The van der Waals surface area contributed by atoms with Crippen molar-refractivity contribution < 1.29 is 0 Å². The van der Waals surface area contributed by atoms with E-state index in [2.05, 4.69) is 4.98 Å². The molecule has 2 N–H and O–H groups in total. The van der Waals surface area contributed by atoms with Crippen LogP contribution >= 0.6 is 34.8 Å². The van der Waals surface area contributed by atoms with Crippen molar-refractivity contribution in [3.63, 3.8) is 0 Å². The summed E-state index contributed by atoms with van der Waals surface area (Å²) in [6.07, 6.45) is 1.77. The Balaban J connectivity index is 1.98. The van der Waals surface area contributed by atoms with Crippen LogP contribution in [0.1, 0.15) is 11.3 Å². The van der Waals surface area contributed by atoms with E-state index in [1.165, 1.54) is 0 Å². The van der Waals surface area contributed by atoms with Gasteiger partial charge >= 0.3 is 0 Å². The lowest BCUT2D eigenvalue weighted by Crippen LogP contribution is -2.08. The van der Waals surface area contributed by atoms with Crippen LogP contribution in [0.4, 0.5) is 0 Å². The summed E-state index contributed by atoms with van der Waals surface area (Å²) >= 11 is 18.2. The van der Waals surface area contributed by atoms with Gasteiger partial charge in [0.1, 0.15) is 0 Å². The molecule has 0 radical (unpaired) electrons. The van der Waals surface area contributed by atoms with E-state index in [-0.39, 0.29) is 0 Å². The van der Waals surface area contributed by atoms with Gasteiger partial charge in [0.2, 0.25) is 0 Å². The van der Waals surface area contributed by atoms with Crippen molar-refractivity contribution in [3.05, 3.63) is 75.1 Å². The molecular weight excluding hydrogens is 353 g/mol. The monoisotopic (exact) mass is 365 g/mol. The summed E-state index contributed by atoms with van der Waals surface area (Å²) < 4.78 is 2.02. The molecule has 3 aromatic rings. The lowest BCUT2D eigenvalue weighted by Gasteiger charge is -2.10. The van der Waals surface area contributed by atoms with Gasteiger partial charge in [-0.15, -0.1) is 0 Å². The lowest BCUT2D eigenvalue weighted by molar-refractivity contribution is 0.741. The molecule has 118 valence electrons. The van der Waals surface area contributed by atoms with Crippen LogP contribution in [0.15, 0.2) is 48.8 Å².